The second-order valence-electron chi connectivity index (χ2n) is 6.26. The van der Waals surface area contributed by atoms with E-state index >= 15 is 0 Å². The summed E-state index contributed by atoms with van der Waals surface area (Å²) in [5.74, 6) is 0.763. The lowest BCUT2D eigenvalue weighted by Gasteiger charge is -2.27. The molecule has 2 atom stereocenters. The molecule has 1 aromatic rings. The second-order valence-corrected chi connectivity index (χ2v) is 6.26. The minimum atomic E-state index is -0.517. The molecule has 0 bridgehead atoms. The highest BCUT2D eigenvalue weighted by molar-refractivity contribution is 5.38. The van der Waals surface area contributed by atoms with Gasteiger partial charge in [0.05, 0.1) is 13.2 Å². The summed E-state index contributed by atoms with van der Waals surface area (Å²) in [6.07, 6.45) is 2.02. The molecule has 1 N–H and O–H groups in total. The van der Waals surface area contributed by atoms with Crippen molar-refractivity contribution in [2.75, 3.05) is 40.8 Å². The zero-order valence-corrected chi connectivity index (χ0v) is 13.7. The molecule has 0 radical (unpaired) electrons. The highest BCUT2D eigenvalue weighted by Gasteiger charge is 2.23. The monoisotopic (exact) mass is 292 g/mol. The molecule has 2 rings (SSSR count). The van der Waals surface area contributed by atoms with Crippen molar-refractivity contribution in [3.63, 3.8) is 0 Å². The third-order valence-corrected chi connectivity index (χ3v) is 4.42. The molecule has 0 aliphatic carbocycles. The molecular formula is C17H28N2O2. The average molecular weight is 292 g/mol. The molecule has 0 aromatic heterocycles. The second kappa shape index (κ2) is 7.25. The molecule has 1 aromatic carbocycles. The summed E-state index contributed by atoms with van der Waals surface area (Å²) >= 11 is 0. The molecule has 1 heterocycles. The van der Waals surface area contributed by atoms with Gasteiger partial charge in [-0.05, 0) is 52.5 Å². The fourth-order valence-electron chi connectivity index (χ4n) is 3.15. The lowest BCUT2D eigenvalue weighted by Crippen LogP contribution is -2.38. The summed E-state index contributed by atoms with van der Waals surface area (Å²) in [6, 6.07) is 6.56. The van der Waals surface area contributed by atoms with E-state index in [0.717, 1.165) is 23.4 Å². The molecule has 1 saturated heterocycles. The van der Waals surface area contributed by atoms with Gasteiger partial charge in [0.2, 0.25) is 0 Å². The van der Waals surface area contributed by atoms with E-state index in [2.05, 4.69) is 23.9 Å². The topological polar surface area (TPSA) is 35.9 Å². The van der Waals surface area contributed by atoms with E-state index in [-0.39, 0.29) is 0 Å². The van der Waals surface area contributed by atoms with Crippen molar-refractivity contribution in [1.29, 1.82) is 0 Å². The van der Waals surface area contributed by atoms with Crippen LogP contribution in [0, 0.1) is 6.92 Å². The number of aliphatic hydroxyl groups is 1. The summed E-state index contributed by atoms with van der Waals surface area (Å²) in [4.78, 5) is 4.63. The molecule has 1 aliphatic rings. The molecule has 0 saturated carbocycles. The number of hydrogen-bond acceptors (Lipinski definition) is 4. The third kappa shape index (κ3) is 4.19. The first-order chi connectivity index (χ1) is 10.0. The summed E-state index contributed by atoms with van der Waals surface area (Å²) in [5.41, 5.74) is 2.02. The van der Waals surface area contributed by atoms with Gasteiger partial charge in [-0.15, -0.1) is 0 Å². The number of likely N-dealkylation sites (N-methyl/N-ethyl adjacent to an activating group) is 2. The molecule has 1 fully saturated rings. The van der Waals surface area contributed by atoms with Gasteiger partial charge in [0, 0.05) is 24.7 Å². The number of likely N-dealkylation sites (tertiary alicyclic amines) is 1. The Morgan fingerprint density at radius 1 is 1.48 bits per heavy atom. The molecule has 118 valence electrons. The average Bonchev–Trinajstić information content (AvgIpc) is 2.84. The van der Waals surface area contributed by atoms with E-state index in [1.165, 1.54) is 19.4 Å². The SMILES string of the molecule is COc1ccc(C)cc1C(O)CN(C)CC1CCCN1C. The molecule has 1 aliphatic heterocycles. The summed E-state index contributed by atoms with van der Waals surface area (Å²) in [7, 11) is 5.92. The lowest BCUT2D eigenvalue weighted by atomic mass is 10.0. The maximum atomic E-state index is 10.5. The number of aryl methyl sites for hydroxylation is 1. The van der Waals surface area contributed by atoms with E-state index < -0.39 is 6.10 Å². The Hall–Kier alpha value is -1.10. The summed E-state index contributed by atoms with van der Waals surface area (Å²) < 4.78 is 5.37. The van der Waals surface area contributed by atoms with E-state index in [9.17, 15) is 5.11 Å². The molecule has 21 heavy (non-hydrogen) atoms. The normalized spacial score (nSPS) is 21.0. The number of benzene rings is 1. The Balaban J connectivity index is 1.97. The van der Waals surface area contributed by atoms with Crippen molar-refractivity contribution in [1.82, 2.24) is 9.80 Å². The van der Waals surface area contributed by atoms with Crippen molar-refractivity contribution < 1.29 is 9.84 Å². The zero-order chi connectivity index (χ0) is 15.4. The molecule has 2 unspecified atom stereocenters. The predicted octanol–water partition coefficient (Wildman–Crippen LogP) is 2.06. The van der Waals surface area contributed by atoms with Crippen LogP contribution in [0.3, 0.4) is 0 Å². The van der Waals surface area contributed by atoms with Crippen LogP contribution in [0.2, 0.25) is 0 Å². The zero-order valence-electron chi connectivity index (χ0n) is 13.7. The highest BCUT2D eigenvalue weighted by Crippen LogP contribution is 2.27. The molecule has 0 spiro atoms. The largest absolute Gasteiger partial charge is 0.496 e. The minimum Gasteiger partial charge on any atom is -0.496 e. The molecule has 4 heteroatoms. The van der Waals surface area contributed by atoms with Crippen molar-refractivity contribution in [2.45, 2.75) is 31.9 Å². The van der Waals surface area contributed by atoms with Crippen LogP contribution in [0.25, 0.3) is 0 Å². The Kier molecular flexibility index (Phi) is 5.62. The van der Waals surface area contributed by atoms with E-state index in [1.54, 1.807) is 7.11 Å². The van der Waals surface area contributed by atoms with Crippen LogP contribution in [0.4, 0.5) is 0 Å². The van der Waals surface area contributed by atoms with Gasteiger partial charge >= 0.3 is 0 Å². The smallest absolute Gasteiger partial charge is 0.124 e. The lowest BCUT2D eigenvalue weighted by molar-refractivity contribution is 0.110. The maximum absolute atomic E-state index is 10.5. The number of nitrogens with zero attached hydrogens (tertiary/aromatic N) is 2. The highest BCUT2D eigenvalue weighted by atomic mass is 16.5. The first kappa shape index (κ1) is 16.3. The van der Waals surface area contributed by atoms with Crippen molar-refractivity contribution in [3.8, 4) is 5.75 Å². The summed E-state index contributed by atoms with van der Waals surface area (Å²) in [5, 5.41) is 10.5. The molecular weight excluding hydrogens is 264 g/mol. The van der Waals surface area contributed by atoms with E-state index in [0.29, 0.717) is 12.6 Å². The van der Waals surface area contributed by atoms with Crippen LogP contribution in [0.5, 0.6) is 5.75 Å². The van der Waals surface area contributed by atoms with Crippen LogP contribution in [0.15, 0.2) is 18.2 Å². The van der Waals surface area contributed by atoms with Crippen LogP contribution in [-0.2, 0) is 0 Å². The Morgan fingerprint density at radius 3 is 2.86 bits per heavy atom. The fourth-order valence-corrected chi connectivity index (χ4v) is 3.15. The Labute approximate surface area is 128 Å². The minimum absolute atomic E-state index is 0.517. The number of ether oxygens (including phenoxy) is 1. The van der Waals surface area contributed by atoms with Gasteiger partial charge in [-0.1, -0.05) is 11.6 Å². The number of hydrogen-bond donors (Lipinski definition) is 1. The predicted molar refractivity (Wildman–Crippen MR) is 85.8 cm³/mol. The first-order valence-corrected chi connectivity index (χ1v) is 7.72. The van der Waals surface area contributed by atoms with Crippen molar-refractivity contribution >= 4 is 0 Å². The van der Waals surface area contributed by atoms with Gasteiger partial charge in [0.1, 0.15) is 5.75 Å². The maximum Gasteiger partial charge on any atom is 0.124 e. The van der Waals surface area contributed by atoms with Crippen LogP contribution < -0.4 is 4.74 Å². The van der Waals surface area contributed by atoms with Gasteiger partial charge in [-0.2, -0.15) is 0 Å². The Bertz CT molecular complexity index is 464. The van der Waals surface area contributed by atoms with Gasteiger partial charge in [0.15, 0.2) is 0 Å². The van der Waals surface area contributed by atoms with Gasteiger partial charge in [-0.3, -0.25) is 0 Å². The van der Waals surface area contributed by atoms with E-state index in [4.69, 9.17) is 4.74 Å². The standard InChI is InChI=1S/C17H28N2O2/c1-13-7-8-17(21-4)15(10-13)16(20)12-18(2)11-14-6-5-9-19(14)3/h7-8,10,14,16,20H,5-6,9,11-12H2,1-4H3. The van der Waals surface area contributed by atoms with Gasteiger partial charge in [0.25, 0.3) is 0 Å². The first-order valence-electron chi connectivity index (χ1n) is 7.72. The van der Waals surface area contributed by atoms with Crippen LogP contribution in [0.1, 0.15) is 30.1 Å². The van der Waals surface area contributed by atoms with Gasteiger partial charge in [-0.25, -0.2) is 0 Å². The molecule has 0 amide bonds. The van der Waals surface area contributed by atoms with E-state index in [1.807, 2.05) is 25.1 Å². The number of rotatable bonds is 6. The fraction of sp³-hybridized carbons (Fsp3) is 0.647. The van der Waals surface area contributed by atoms with Gasteiger partial charge < -0.3 is 19.6 Å². The van der Waals surface area contributed by atoms with Crippen LogP contribution >= 0.6 is 0 Å². The van der Waals surface area contributed by atoms with Crippen molar-refractivity contribution in [2.24, 2.45) is 0 Å². The van der Waals surface area contributed by atoms with Crippen LogP contribution in [-0.4, -0.2) is 61.8 Å². The number of aliphatic hydroxyl groups excluding tert-OH is 1. The summed E-state index contributed by atoms with van der Waals surface area (Å²) in [6.45, 7) is 4.85. The third-order valence-electron chi connectivity index (χ3n) is 4.42. The van der Waals surface area contributed by atoms with Crippen molar-refractivity contribution in [3.05, 3.63) is 29.3 Å². The number of methoxy groups -OCH3 is 1. The Morgan fingerprint density at radius 2 is 2.24 bits per heavy atom. The quantitative estimate of drug-likeness (QED) is 0.870. The molecule has 4 nitrogen and oxygen atoms in total.